The largest absolute Gasteiger partial charge is 0.390 e. The van der Waals surface area contributed by atoms with Crippen molar-refractivity contribution in [3.63, 3.8) is 0 Å². The molecule has 1 N–H and O–H groups in total. The number of aryl methyl sites for hydroxylation is 2. The van der Waals surface area contributed by atoms with Crippen LogP contribution in [0.5, 0.6) is 0 Å². The number of nitro groups is 1. The highest BCUT2D eigenvalue weighted by Gasteiger charge is 2.15. The van der Waals surface area contributed by atoms with Crippen molar-refractivity contribution in [1.29, 1.82) is 0 Å². The summed E-state index contributed by atoms with van der Waals surface area (Å²) in [6.07, 6.45) is 21.7. The van der Waals surface area contributed by atoms with Crippen LogP contribution < -0.4 is 5.32 Å². The van der Waals surface area contributed by atoms with Crippen LogP contribution in [0.15, 0.2) is 6.07 Å². The SMILES string of the molecule is CCCCCCCCCCCCCCCCCCNC(=O)CCn1nc([N+](=O)[O-])cc1C. The van der Waals surface area contributed by atoms with Crippen LogP contribution in [0.2, 0.25) is 0 Å². The van der Waals surface area contributed by atoms with Gasteiger partial charge in [0.2, 0.25) is 5.91 Å². The van der Waals surface area contributed by atoms with E-state index in [1.54, 1.807) is 6.92 Å². The van der Waals surface area contributed by atoms with E-state index in [1.807, 2.05) is 0 Å². The molecule has 1 rings (SSSR count). The number of unbranched alkanes of at least 4 members (excludes halogenated alkanes) is 15. The van der Waals surface area contributed by atoms with E-state index in [2.05, 4.69) is 17.3 Å². The molecular formula is C25H46N4O3. The maximum Gasteiger partial charge on any atom is 0.390 e. The Morgan fingerprint density at radius 2 is 1.38 bits per heavy atom. The molecule has 7 nitrogen and oxygen atoms in total. The Bertz CT molecular complexity index is 631. The van der Waals surface area contributed by atoms with Crippen LogP contribution in [0, 0.1) is 17.0 Å². The molecule has 1 aromatic rings. The Hall–Kier alpha value is -1.92. The molecular weight excluding hydrogens is 404 g/mol. The average Bonchev–Trinajstić information content (AvgIpc) is 3.15. The summed E-state index contributed by atoms with van der Waals surface area (Å²) in [5.41, 5.74) is 0.697. The van der Waals surface area contributed by atoms with Crippen molar-refractivity contribution in [2.45, 2.75) is 130 Å². The summed E-state index contributed by atoms with van der Waals surface area (Å²) in [7, 11) is 0. The Balaban J connectivity index is 1.85. The first kappa shape index (κ1) is 28.1. The molecule has 0 spiro atoms. The highest BCUT2D eigenvalue weighted by Crippen LogP contribution is 2.14. The van der Waals surface area contributed by atoms with Crippen molar-refractivity contribution in [1.82, 2.24) is 15.1 Å². The first-order chi connectivity index (χ1) is 15.5. The van der Waals surface area contributed by atoms with E-state index >= 15 is 0 Å². The fourth-order valence-electron chi connectivity index (χ4n) is 4.01. The number of carbonyl (C=O) groups excluding carboxylic acids is 1. The Morgan fingerprint density at radius 1 is 0.906 bits per heavy atom. The molecule has 1 heterocycles. The molecule has 0 bridgehead atoms. The molecule has 0 aliphatic rings. The normalized spacial score (nSPS) is 11.1. The van der Waals surface area contributed by atoms with Gasteiger partial charge in [-0.05, 0) is 18.3 Å². The lowest BCUT2D eigenvalue weighted by atomic mass is 10.0. The zero-order valence-electron chi connectivity index (χ0n) is 20.6. The van der Waals surface area contributed by atoms with Crippen LogP contribution in [-0.2, 0) is 11.3 Å². The Morgan fingerprint density at radius 3 is 1.81 bits per heavy atom. The molecule has 0 unspecified atom stereocenters. The van der Waals surface area contributed by atoms with Gasteiger partial charge in [-0.15, -0.1) is 0 Å². The van der Waals surface area contributed by atoms with E-state index in [0.29, 0.717) is 25.2 Å². The molecule has 0 aliphatic carbocycles. The van der Waals surface area contributed by atoms with Gasteiger partial charge in [0.25, 0.3) is 0 Å². The van der Waals surface area contributed by atoms with Gasteiger partial charge >= 0.3 is 5.82 Å². The van der Waals surface area contributed by atoms with Gasteiger partial charge in [-0.1, -0.05) is 103 Å². The first-order valence-corrected chi connectivity index (χ1v) is 13.0. The van der Waals surface area contributed by atoms with Gasteiger partial charge < -0.3 is 15.4 Å². The number of hydrogen-bond donors (Lipinski definition) is 1. The van der Waals surface area contributed by atoms with Crippen LogP contribution in [0.3, 0.4) is 0 Å². The van der Waals surface area contributed by atoms with E-state index in [9.17, 15) is 14.9 Å². The van der Waals surface area contributed by atoms with Crippen molar-refractivity contribution in [3.8, 4) is 0 Å². The van der Waals surface area contributed by atoms with Crippen molar-refractivity contribution in [3.05, 3.63) is 21.9 Å². The lowest BCUT2D eigenvalue weighted by Crippen LogP contribution is -2.25. The molecule has 0 atom stereocenters. The van der Waals surface area contributed by atoms with Crippen molar-refractivity contribution < 1.29 is 9.72 Å². The van der Waals surface area contributed by atoms with E-state index in [1.165, 1.54) is 101 Å². The summed E-state index contributed by atoms with van der Waals surface area (Å²) < 4.78 is 1.52. The molecule has 184 valence electrons. The van der Waals surface area contributed by atoms with Crippen LogP contribution >= 0.6 is 0 Å². The number of carbonyl (C=O) groups is 1. The van der Waals surface area contributed by atoms with Gasteiger partial charge in [-0.3, -0.25) is 4.79 Å². The number of rotatable bonds is 21. The second kappa shape index (κ2) is 18.6. The molecule has 0 aromatic carbocycles. The van der Waals surface area contributed by atoms with E-state index in [-0.39, 0.29) is 11.7 Å². The number of nitrogens with one attached hydrogen (secondary N) is 1. The zero-order valence-corrected chi connectivity index (χ0v) is 20.6. The number of hydrogen-bond acceptors (Lipinski definition) is 4. The highest BCUT2D eigenvalue weighted by molar-refractivity contribution is 5.75. The third-order valence-corrected chi connectivity index (χ3v) is 6.06. The third kappa shape index (κ3) is 14.2. The average molecular weight is 451 g/mol. The predicted octanol–water partition coefficient (Wildman–Crippen LogP) is 6.87. The third-order valence-electron chi connectivity index (χ3n) is 6.06. The quantitative estimate of drug-likeness (QED) is 0.126. The van der Waals surface area contributed by atoms with Crippen LogP contribution in [0.4, 0.5) is 5.82 Å². The highest BCUT2D eigenvalue weighted by atomic mass is 16.6. The first-order valence-electron chi connectivity index (χ1n) is 13.0. The molecule has 0 fully saturated rings. The Labute approximate surface area is 194 Å². The summed E-state index contributed by atoms with van der Waals surface area (Å²) in [5, 5.41) is 17.6. The zero-order chi connectivity index (χ0) is 23.4. The van der Waals surface area contributed by atoms with Crippen molar-refractivity contribution >= 4 is 11.7 Å². The monoisotopic (exact) mass is 450 g/mol. The lowest BCUT2D eigenvalue weighted by molar-refractivity contribution is -0.389. The molecule has 0 saturated carbocycles. The number of nitrogens with zero attached hydrogens (tertiary/aromatic N) is 3. The predicted molar refractivity (Wildman–Crippen MR) is 131 cm³/mol. The molecule has 0 radical (unpaired) electrons. The summed E-state index contributed by atoms with van der Waals surface area (Å²) in [5.74, 6) is -0.195. The van der Waals surface area contributed by atoms with Crippen LogP contribution in [0.25, 0.3) is 0 Å². The minimum Gasteiger partial charge on any atom is -0.358 e. The fraction of sp³-hybridized carbons (Fsp3) is 0.840. The summed E-state index contributed by atoms with van der Waals surface area (Å²) >= 11 is 0. The number of aromatic nitrogens is 2. The molecule has 0 saturated heterocycles. The fourth-order valence-corrected chi connectivity index (χ4v) is 4.01. The van der Waals surface area contributed by atoms with Gasteiger partial charge in [0.1, 0.15) is 0 Å². The van der Waals surface area contributed by atoms with E-state index < -0.39 is 4.92 Å². The van der Waals surface area contributed by atoms with E-state index in [0.717, 1.165) is 12.8 Å². The molecule has 0 aliphatic heterocycles. The lowest BCUT2D eigenvalue weighted by Gasteiger charge is -2.05. The van der Waals surface area contributed by atoms with Gasteiger partial charge in [0, 0.05) is 13.0 Å². The topological polar surface area (TPSA) is 90.1 Å². The molecule has 1 aromatic heterocycles. The van der Waals surface area contributed by atoms with E-state index in [4.69, 9.17) is 0 Å². The molecule has 7 heteroatoms. The van der Waals surface area contributed by atoms with Crippen LogP contribution in [-0.4, -0.2) is 27.2 Å². The number of amides is 1. The Kier molecular flexibility index (Phi) is 16.4. The summed E-state index contributed by atoms with van der Waals surface area (Å²) in [4.78, 5) is 22.2. The van der Waals surface area contributed by atoms with Crippen molar-refractivity contribution in [2.24, 2.45) is 0 Å². The summed E-state index contributed by atoms with van der Waals surface area (Å²) in [6.45, 7) is 5.10. The molecule has 1 amide bonds. The van der Waals surface area contributed by atoms with Gasteiger partial charge in [0.05, 0.1) is 23.4 Å². The van der Waals surface area contributed by atoms with Gasteiger partial charge in [-0.25, -0.2) is 0 Å². The standard InChI is InChI=1S/C25H46N4O3/c1-3-4-5-6-7-8-9-10-11-12-13-14-15-16-17-18-20-26-25(30)19-21-28-23(2)22-24(27-28)29(31)32/h22H,3-21H2,1-2H3,(H,26,30). The smallest absolute Gasteiger partial charge is 0.358 e. The maximum atomic E-state index is 11.9. The minimum atomic E-state index is -0.513. The molecule has 32 heavy (non-hydrogen) atoms. The maximum absolute atomic E-state index is 11.9. The van der Waals surface area contributed by atoms with Crippen molar-refractivity contribution in [2.75, 3.05) is 6.54 Å². The summed E-state index contributed by atoms with van der Waals surface area (Å²) in [6, 6.07) is 1.42. The van der Waals surface area contributed by atoms with Gasteiger partial charge in [0.15, 0.2) is 0 Å². The second-order valence-electron chi connectivity index (χ2n) is 9.03. The van der Waals surface area contributed by atoms with Crippen LogP contribution in [0.1, 0.15) is 122 Å². The minimum absolute atomic E-state index is 0.0245. The van der Waals surface area contributed by atoms with Gasteiger partial charge in [-0.2, -0.15) is 4.68 Å². The second-order valence-corrected chi connectivity index (χ2v) is 9.03.